The first-order valence-electron chi connectivity index (χ1n) is 4.30. The fraction of sp³-hybridized carbons (Fsp3) is 0.500. The highest BCUT2D eigenvalue weighted by Gasteiger charge is 2.32. The van der Waals surface area contributed by atoms with E-state index in [1.54, 1.807) is 33.1 Å². The highest BCUT2D eigenvalue weighted by atomic mass is 16.5. The van der Waals surface area contributed by atoms with Crippen molar-refractivity contribution in [2.45, 2.75) is 25.9 Å². The zero-order chi connectivity index (χ0) is 10.8. The van der Waals surface area contributed by atoms with Gasteiger partial charge in [-0.05, 0) is 26.0 Å². The second-order valence-corrected chi connectivity index (χ2v) is 3.63. The van der Waals surface area contributed by atoms with Gasteiger partial charge in [0.05, 0.1) is 0 Å². The summed E-state index contributed by atoms with van der Waals surface area (Å²) in [6.45, 7) is 3.56. The van der Waals surface area contributed by atoms with E-state index in [0.717, 1.165) is 0 Å². The summed E-state index contributed by atoms with van der Waals surface area (Å²) in [6, 6.07) is 3.39. The first-order chi connectivity index (χ1) is 6.48. The monoisotopic (exact) mass is 198 g/mol. The van der Waals surface area contributed by atoms with Gasteiger partial charge in [-0.1, -0.05) is 0 Å². The summed E-state index contributed by atoms with van der Waals surface area (Å²) in [5, 5.41) is 8.94. The molecule has 1 aromatic heterocycles. The molecule has 1 aromatic rings. The van der Waals surface area contributed by atoms with Crippen molar-refractivity contribution in [3.63, 3.8) is 0 Å². The van der Waals surface area contributed by atoms with Gasteiger partial charge in [-0.3, -0.25) is 4.79 Å². The molecule has 0 spiro atoms. The lowest BCUT2D eigenvalue weighted by molar-refractivity contribution is -0.143. The minimum absolute atomic E-state index is 0.357. The molecule has 0 aromatic carbocycles. The van der Waals surface area contributed by atoms with Gasteiger partial charge in [0.25, 0.3) is 0 Å². The predicted molar refractivity (Wildman–Crippen MR) is 50.1 cm³/mol. The van der Waals surface area contributed by atoms with E-state index in [-0.39, 0.29) is 0 Å². The van der Waals surface area contributed by atoms with Crippen molar-refractivity contribution in [3.8, 4) is 0 Å². The van der Waals surface area contributed by atoms with Gasteiger partial charge in [0.1, 0.15) is 23.5 Å². The van der Waals surface area contributed by atoms with Gasteiger partial charge >= 0.3 is 5.97 Å². The quantitative estimate of drug-likeness (QED) is 0.801. The molecule has 0 bridgehead atoms. The minimum Gasteiger partial charge on any atom is -0.481 e. The average molecular weight is 198 g/mol. The van der Waals surface area contributed by atoms with E-state index in [1.165, 1.54) is 0 Å². The molecule has 14 heavy (non-hydrogen) atoms. The molecule has 0 aliphatic heterocycles. The highest BCUT2D eigenvalue weighted by molar-refractivity contribution is 5.79. The van der Waals surface area contributed by atoms with E-state index in [2.05, 4.69) is 0 Å². The third-order valence-corrected chi connectivity index (χ3v) is 2.10. The van der Waals surface area contributed by atoms with Gasteiger partial charge in [-0.25, -0.2) is 0 Å². The molecule has 0 unspecified atom stereocenters. The van der Waals surface area contributed by atoms with Crippen molar-refractivity contribution >= 4 is 5.97 Å². The number of aliphatic carboxylic acids is 1. The van der Waals surface area contributed by atoms with Crippen LogP contribution >= 0.6 is 0 Å². The Morgan fingerprint density at radius 3 is 2.71 bits per heavy atom. The Morgan fingerprint density at radius 1 is 1.57 bits per heavy atom. The fourth-order valence-corrected chi connectivity index (χ4v) is 1.04. The molecule has 0 fully saturated rings. The van der Waals surface area contributed by atoms with Crippen LogP contribution in [-0.2, 0) is 21.6 Å². The molecule has 1 heterocycles. The normalized spacial score (nSPS) is 11.6. The second kappa shape index (κ2) is 3.84. The summed E-state index contributed by atoms with van der Waals surface area (Å²) >= 11 is 0. The molecule has 0 radical (unpaired) electrons. The summed E-state index contributed by atoms with van der Waals surface area (Å²) < 4.78 is 10.2. The summed E-state index contributed by atoms with van der Waals surface area (Å²) in [5.74, 6) is 0.171. The van der Waals surface area contributed by atoms with Gasteiger partial charge in [-0.2, -0.15) is 0 Å². The lowest BCUT2D eigenvalue weighted by atomic mass is 9.91. The number of carboxylic acids is 1. The zero-order valence-electron chi connectivity index (χ0n) is 8.53. The third-order valence-electron chi connectivity index (χ3n) is 2.10. The predicted octanol–water partition coefficient (Wildman–Crippen LogP) is 1.79. The summed E-state index contributed by atoms with van der Waals surface area (Å²) in [7, 11) is 1.56. The van der Waals surface area contributed by atoms with Crippen LogP contribution in [0, 0.1) is 0 Å². The van der Waals surface area contributed by atoms with Crippen LogP contribution in [0.4, 0.5) is 0 Å². The largest absolute Gasteiger partial charge is 0.481 e. The Morgan fingerprint density at radius 2 is 2.21 bits per heavy atom. The lowest BCUT2D eigenvalue weighted by Crippen LogP contribution is -2.27. The molecule has 0 atom stereocenters. The van der Waals surface area contributed by atoms with Crippen molar-refractivity contribution in [2.24, 2.45) is 0 Å². The van der Waals surface area contributed by atoms with Gasteiger partial charge in [0.15, 0.2) is 0 Å². The minimum atomic E-state index is -0.994. The molecular weight excluding hydrogens is 184 g/mol. The second-order valence-electron chi connectivity index (χ2n) is 3.63. The van der Waals surface area contributed by atoms with E-state index in [0.29, 0.717) is 18.1 Å². The first-order valence-corrected chi connectivity index (χ1v) is 4.30. The van der Waals surface area contributed by atoms with Crippen LogP contribution in [0.3, 0.4) is 0 Å². The molecule has 0 saturated heterocycles. The van der Waals surface area contributed by atoms with Crippen LogP contribution in [0.2, 0.25) is 0 Å². The zero-order valence-corrected chi connectivity index (χ0v) is 8.53. The average Bonchev–Trinajstić information content (AvgIpc) is 2.53. The Hall–Kier alpha value is -1.29. The molecule has 1 rings (SSSR count). The molecule has 1 N–H and O–H groups in total. The summed E-state index contributed by atoms with van der Waals surface area (Å²) in [6.07, 6.45) is 0. The van der Waals surface area contributed by atoms with Crippen LogP contribution in [0.15, 0.2) is 16.5 Å². The highest BCUT2D eigenvalue weighted by Crippen LogP contribution is 2.25. The maximum atomic E-state index is 10.9. The van der Waals surface area contributed by atoms with Gasteiger partial charge in [-0.15, -0.1) is 0 Å². The molecule has 4 heteroatoms. The van der Waals surface area contributed by atoms with Crippen LogP contribution in [0.1, 0.15) is 25.4 Å². The Labute approximate surface area is 82.5 Å². The lowest BCUT2D eigenvalue weighted by Gasteiger charge is -2.15. The van der Waals surface area contributed by atoms with Gasteiger partial charge < -0.3 is 14.3 Å². The fourth-order valence-electron chi connectivity index (χ4n) is 1.04. The maximum absolute atomic E-state index is 10.9. The number of rotatable bonds is 4. The van der Waals surface area contributed by atoms with Crippen molar-refractivity contribution in [1.29, 1.82) is 0 Å². The topological polar surface area (TPSA) is 59.7 Å². The van der Waals surface area contributed by atoms with Gasteiger partial charge in [0.2, 0.25) is 0 Å². The number of carbonyl (C=O) groups is 1. The molecule has 0 aliphatic rings. The van der Waals surface area contributed by atoms with E-state index in [4.69, 9.17) is 14.3 Å². The van der Waals surface area contributed by atoms with E-state index < -0.39 is 11.4 Å². The molecule has 4 nitrogen and oxygen atoms in total. The van der Waals surface area contributed by atoms with Crippen molar-refractivity contribution in [3.05, 3.63) is 23.7 Å². The van der Waals surface area contributed by atoms with Crippen molar-refractivity contribution in [1.82, 2.24) is 0 Å². The van der Waals surface area contributed by atoms with E-state index in [1.807, 2.05) is 0 Å². The van der Waals surface area contributed by atoms with Crippen LogP contribution < -0.4 is 0 Å². The smallest absolute Gasteiger partial charge is 0.316 e. The molecular formula is C10H14O4. The standard InChI is InChI=1S/C10H14O4/c1-10(2,9(11)12)8-5-4-7(14-8)6-13-3/h4-5H,6H2,1-3H3,(H,11,12). The number of hydrogen-bond acceptors (Lipinski definition) is 3. The summed E-state index contributed by atoms with van der Waals surface area (Å²) in [5.41, 5.74) is -0.994. The molecule has 0 amide bonds. The molecule has 0 aliphatic carbocycles. The number of methoxy groups -OCH3 is 1. The number of ether oxygens (including phenoxy) is 1. The third kappa shape index (κ3) is 1.96. The first kappa shape index (κ1) is 10.8. The van der Waals surface area contributed by atoms with Crippen molar-refractivity contribution < 1.29 is 19.1 Å². The van der Waals surface area contributed by atoms with Crippen LogP contribution in [0.5, 0.6) is 0 Å². The Bertz CT molecular complexity index is 325. The number of hydrogen-bond donors (Lipinski definition) is 1. The van der Waals surface area contributed by atoms with Crippen LogP contribution in [0.25, 0.3) is 0 Å². The van der Waals surface area contributed by atoms with E-state index in [9.17, 15) is 4.79 Å². The SMILES string of the molecule is COCc1ccc(C(C)(C)C(=O)O)o1. The Balaban J connectivity index is 2.91. The van der Waals surface area contributed by atoms with Crippen molar-refractivity contribution in [2.75, 3.05) is 7.11 Å². The molecule has 78 valence electrons. The van der Waals surface area contributed by atoms with Gasteiger partial charge in [0, 0.05) is 7.11 Å². The number of carboxylic acid groups (broad SMARTS) is 1. The van der Waals surface area contributed by atoms with Crippen LogP contribution in [-0.4, -0.2) is 18.2 Å². The molecule has 0 saturated carbocycles. The van der Waals surface area contributed by atoms with E-state index >= 15 is 0 Å². The summed E-state index contributed by atoms with van der Waals surface area (Å²) in [4.78, 5) is 10.9. The number of furan rings is 1. The maximum Gasteiger partial charge on any atom is 0.316 e. The Kier molecular flexibility index (Phi) is 2.96.